The molecule has 0 saturated carbocycles. The van der Waals surface area contributed by atoms with Crippen LogP contribution < -0.4 is 33.4 Å². The fraction of sp³-hybridized carbons (Fsp3) is 0.333. The van der Waals surface area contributed by atoms with Gasteiger partial charge in [-0.05, 0) is 48.1 Å². The van der Waals surface area contributed by atoms with Gasteiger partial charge in [0.1, 0.15) is 5.82 Å². The third-order valence-corrected chi connectivity index (χ3v) is 5.25. The third-order valence-electron chi connectivity index (χ3n) is 5.25. The van der Waals surface area contributed by atoms with Crippen molar-refractivity contribution in [2.24, 2.45) is 16.6 Å². The van der Waals surface area contributed by atoms with Crippen LogP contribution in [0.3, 0.4) is 0 Å². The smallest absolute Gasteiger partial charge is 0.165 e. The van der Waals surface area contributed by atoms with Crippen LogP contribution in [0.4, 0.5) is 23.0 Å². The number of aromatic nitrogens is 1. The van der Waals surface area contributed by atoms with Gasteiger partial charge in [-0.2, -0.15) is 0 Å². The zero-order valence-corrected chi connectivity index (χ0v) is 17.4. The molecule has 3 rings (SSSR count). The van der Waals surface area contributed by atoms with E-state index < -0.39 is 0 Å². The van der Waals surface area contributed by atoms with Crippen molar-refractivity contribution in [1.29, 1.82) is 0 Å². The summed E-state index contributed by atoms with van der Waals surface area (Å²) in [4.78, 5) is 13.4. The number of aliphatic imine (C=N–C) groups is 1. The molecule has 2 heterocycles. The molecule has 1 aliphatic heterocycles. The van der Waals surface area contributed by atoms with Gasteiger partial charge >= 0.3 is 0 Å². The molecular weight excluding hydrogens is 378 g/mol. The van der Waals surface area contributed by atoms with Crippen molar-refractivity contribution in [2.45, 2.75) is 13.0 Å². The highest BCUT2D eigenvalue weighted by atomic mass is 15.3. The second kappa shape index (κ2) is 9.95. The normalized spacial score (nSPS) is 15.7. The number of hydrogen-bond acceptors (Lipinski definition) is 9. The van der Waals surface area contributed by atoms with E-state index in [1.54, 1.807) is 12.3 Å². The Balaban J connectivity index is 1.59. The lowest BCUT2D eigenvalue weighted by Crippen LogP contribution is -2.44. The minimum absolute atomic E-state index is 0.334. The fourth-order valence-electron chi connectivity index (χ4n) is 3.40. The largest absolute Gasteiger partial charge is 0.404 e. The molecule has 1 fully saturated rings. The lowest BCUT2D eigenvalue weighted by atomic mass is 10.1. The predicted octanol–water partition coefficient (Wildman–Crippen LogP) is 0.940. The zero-order valence-electron chi connectivity index (χ0n) is 17.4. The van der Waals surface area contributed by atoms with Crippen LogP contribution in [0.1, 0.15) is 11.1 Å². The maximum absolute atomic E-state index is 6.09. The average Bonchev–Trinajstić information content (AvgIpc) is 2.76. The maximum atomic E-state index is 6.09. The first-order chi connectivity index (χ1) is 14.5. The first kappa shape index (κ1) is 21.4. The summed E-state index contributed by atoms with van der Waals surface area (Å²) in [6.07, 6.45) is 3.77. The molecule has 1 aromatic carbocycles. The van der Waals surface area contributed by atoms with Crippen LogP contribution in [0.2, 0.25) is 0 Å². The van der Waals surface area contributed by atoms with Gasteiger partial charge in [-0.1, -0.05) is 12.1 Å². The summed E-state index contributed by atoms with van der Waals surface area (Å²) in [7, 11) is 2.16. The van der Waals surface area contributed by atoms with E-state index in [0.29, 0.717) is 30.3 Å². The van der Waals surface area contributed by atoms with E-state index in [1.807, 2.05) is 0 Å². The molecule has 1 aliphatic rings. The van der Waals surface area contributed by atoms with Gasteiger partial charge in [0.05, 0.1) is 12.2 Å². The highest BCUT2D eigenvalue weighted by Gasteiger charge is 2.14. The molecule has 0 unspecified atom stereocenters. The SMILES string of the molecule is CN1CCN(c2ccc(CN=CC(=CN)Cc3cc(N)nc(NN)c3N)cc2)CC1. The summed E-state index contributed by atoms with van der Waals surface area (Å²) in [5.74, 6) is 6.12. The molecule has 0 spiro atoms. The monoisotopic (exact) mass is 409 g/mol. The molecule has 1 aromatic heterocycles. The number of hydrazine groups is 1. The number of anilines is 4. The van der Waals surface area contributed by atoms with E-state index in [1.165, 1.54) is 11.9 Å². The Morgan fingerprint density at radius 2 is 1.87 bits per heavy atom. The molecular formula is C21H31N9. The van der Waals surface area contributed by atoms with E-state index in [0.717, 1.165) is 42.9 Å². The third kappa shape index (κ3) is 5.40. The second-order valence-corrected chi connectivity index (χ2v) is 7.46. The molecule has 0 radical (unpaired) electrons. The van der Waals surface area contributed by atoms with Gasteiger partial charge in [-0.15, -0.1) is 0 Å². The van der Waals surface area contributed by atoms with Crippen molar-refractivity contribution < 1.29 is 0 Å². The minimum atomic E-state index is 0.334. The van der Waals surface area contributed by atoms with Crippen molar-refractivity contribution in [3.8, 4) is 0 Å². The molecule has 9 heteroatoms. The van der Waals surface area contributed by atoms with E-state index >= 15 is 0 Å². The molecule has 1 saturated heterocycles. The Bertz CT molecular complexity index is 897. The summed E-state index contributed by atoms with van der Waals surface area (Å²) in [5.41, 5.74) is 24.6. The van der Waals surface area contributed by atoms with Crippen LogP contribution in [0, 0.1) is 0 Å². The van der Waals surface area contributed by atoms with Crippen LogP contribution in [-0.4, -0.2) is 49.3 Å². The number of hydrogen-bond donors (Lipinski definition) is 5. The van der Waals surface area contributed by atoms with Crippen molar-refractivity contribution >= 4 is 29.2 Å². The number of benzene rings is 1. The van der Waals surface area contributed by atoms with Gasteiger partial charge in [-0.25, -0.2) is 10.8 Å². The van der Waals surface area contributed by atoms with Crippen LogP contribution in [-0.2, 0) is 13.0 Å². The number of likely N-dealkylation sites (N-methyl/N-ethyl adjacent to an activating group) is 1. The van der Waals surface area contributed by atoms with Gasteiger partial charge in [0.15, 0.2) is 5.82 Å². The first-order valence-electron chi connectivity index (χ1n) is 9.94. The standard InChI is InChI=1S/C21H31N9/c1-29-6-8-30(9-7-29)18-4-2-15(3-5-18)13-26-14-16(12-22)10-17-11-19(23)27-21(28-25)20(17)24/h2-5,11-12,14H,6-10,13,22,24-25H2,1H3,(H3,23,27,28). The van der Waals surface area contributed by atoms with Crippen molar-refractivity contribution in [3.05, 3.63) is 53.2 Å². The van der Waals surface area contributed by atoms with Gasteiger partial charge in [-0.3, -0.25) is 4.99 Å². The second-order valence-electron chi connectivity index (χ2n) is 7.46. The van der Waals surface area contributed by atoms with Gasteiger partial charge in [0.25, 0.3) is 0 Å². The van der Waals surface area contributed by atoms with Crippen LogP contribution in [0.15, 0.2) is 47.1 Å². The molecule has 2 aromatic rings. The first-order valence-corrected chi connectivity index (χ1v) is 9.94. The van der Waals surface area contributed by atoms with E-state index in [-0.39, 0.29) is 0 Å². The number of nitrogen functional groups attached to an aromatic ring is 3. The Morgan fingerprint density at radius 3 is 2.50 bits per heavy atom. The molecule has 0 amide bonds. The summed E-state index contributed by atoms with van der Waals surface area (Å²) in [5, 5.41) is 0. The number of nitrogens with one attached hydrogen (secondary N) is 1. The lowest BCUT2D eigenvalue weighted by molar-refractivity contribution is 0.313. The Labute approximate surface area is 177 Å². The lowest BCUT2D eigenvalue weighted by Gasteiger charge is -2.34. The zero-order chi connectivity index (χ0) is 21.5. The quantitative estimate of drug-likeness (QED) is 0.258. The Morgan fingerprint density at radius 1 is 1.17 bits per heavy atom. The molecule has 9 nitrogen and oxygen atoms in total. The molecule has 0 atom stereocenters. The summed E-state index contributed by atoms with van der Waals surface area (Å²) in [6, 6.07) is 10.3. The van der Waals surface area contributed by atoms with E-state index in [4.69, 9.17) is 23.0 Å². The Kier molecular flexibility index (Phi) is 7.10. The number of rotatable bonds is 7. The summed E-state index contributed by atoms with van der Waals surface area (Å²) < 4.78 is 0. The van der Waals surface area contributed by atoms with Gasteiger partial charge < -0.3 is 32.4 Å². The fourth-order valence-corrected chi connectivity index (χ4v) is 3.40. The number of nitrogens with two attached hydrogens (primary N) is 4. The minimum Gasteiger partial charge on any atom is -0.404 e. The Hall–Kier alpha value is -3.30. The maximum Gasteiger partial charge on any atom is 0.165 e. The van der Waals surface area contributed by atoms with Crippen molar-refractivity contribution in [2.75, 3.05) is 55.0 Å². The molecule has 0 aliphatic carbocycles. The van der Waals surface area contributed by atoms with Gasteiger partial charge in [0.2, 0.25) is 0 Å². The molecule has 30 heavy (non-hydrogen) atoms. The average molecular weight is 410 g/mol. The number of pyridine rings is 1. The predicted molar refractivity (Wildman–Crippen MR) is 125 cm³/mol. The van der Waals surface area contributed by atoms with Crippen LogP contribution in [0.5, 0.6) is 0 Å². The molecule has 9 N–H and O–H groups in total. The highest BCUT2D eigenvalue weighted by molar-refractivity contribution is 5.80. The summed E-state index contributed by atoms with van der Waals surface area (Å²) >= 11 is 0. The molecule has 160 valence electrons. The summed E-state index contributed by atoms with van der Waals surface area (Å²) in [6.45, 7) is 4.88. The van der Waals surface area contributed by atoms with Gasteiger partial charge in [0, 0.05) is 44.5 Å². The van der Waals surface area contributed by atoms with Crippen LogP contribution in [0.25, 0.3) is 0 Å². The molecule has 0 bridgehead atoms. The van der Waals surface area contributed by atoms with Crippen LogP contribution >= 0.6 is 0 Å². The van der Waals surface area contributed by atoms with E-state index in [9.17, 15) is 0 Å². The number of nitrogens with zero attached hydrogens (tertiary/aromatic N) is 4. The number of piperazine rings is 1. The van der Waals surface area contributed by atoms with Crippen molar-refractivity contribution in [1.82, 2.24) is 9.88 Å². The highest BCUT2D eigenvalue weighted by Crippen LogP contribution is 2.24. The topological polar surface area (TPSA) is 148 Å². The number of allylic oxidation sites excluding steroid dienone is 1. The van der Waals surface area contributed by atoms with E-state index in [2.05, 4.69) is 56.5 Å². The van der Waals surface area contributed by atoms with Crippen molar-refractivity contribution in [3.63, 3.8) is 0 Å².